The van der Waals surface area contributed by atoms with Gasteiger partial charge in [0.05, 0.1) is 11.4 Å². The van der Waals surface area contributed by atoms with Crippen molar-refractivity contribution in [1.82, 2.24) is 9.69 Å². The van der Waals surface area contributed by atoms with Gasteiger partial charge in [0.25, 0.3) is 11.8 Å². The highest BCUT2D eigenvalue weighted by molar-refractivity contribution is 7.09. The van der Waals surface area contributed by atoms with Crippen molar-refractivity contribution in [2.75, 3.05) is 10.6 Å². The Morgan fingerprint density at radius 1 is 1.12 bits per heavy atom. The summed E-state index contributed by atoms with van der Waals surface area (Å²) in [5.41, 5.74) is 11.7. The number of anilines is 2. The van der Waals surface area contributed by atoms with Crippen LogP contribution in [0.3, 0.4) is 0 Å². The molecule has 1 atom stereocenters. The average molecular weight is 452 g/mol. The zero-order valence-corrected chi connectivity index (χ0v) is 18.5. The number of hydrogen-bond acceptors (Lipinski definition) is 6. The first kappa shape index (κ1) is 21.8. The average Bonchev–Trinajstić information content (AvgIpc) is 3.43. The largest absolute Gasteiger partial charge is 0.395 e. The topological polar surface area (TPSA) is 131 Å². The minimum Gasteiger partial charge on any atom is -0.395 e. The van der Waals surface area contributed by atoms with Gasteiger partial charge in [-0.25, -0.2) is 0 Å². The van der Waals surface area contributed by atoms with E-state index in [9.17, 15) is 14.4 Å². The summed E-state index contributed by atoms with van der Waals surface area (Å²) in [7, 11) is 0. The number of aromatic nitrogens is 1. The first-order chi connectivity index (χ1) is 15.4. The number of amides is 3. The molecule has 8 nitrogen and oxygen atoms in total. The summed E-state index contributed by atoms with van der Waals surface area (Å²) in [4.78, 5) is 40.0. The third-order valence-electron chi connectivity index (χ3n) is 5.87. The van der Waals surface area contributed by atoms with Gasteiger partial charge in [0.1, 0.15) is 10.9 Å². The molecule has 0 radical (unpaired) electrons. The van der Waals surface area contributed by atoms with Crippen LogP contribution in [-0.2, 0) is 4.79 Å². The van der Waals surface area contributed by atoms with Crippen LogP contribution in [0.15, 0.2) is 42.5 Å². The molecule has 1 unspecified atom stereocenters. The predicted molar refractivity (Wildman–Crippen MR) is 126 cm³/mol. The number of hydrogen-bond donors (Lipinski definition) is 3. The number of carbonyl (C=O) groups is 3. The minimum absolute atomic E-state index is 0.0684. The monoisotopic (exact) mass is 451 g/mol. The molecule has 0 bridgehead atoms. The van der Waals surface area contributed by atoms with E-state index in [1.165, 1.54) is 4.90 Å². The Hall–Kier alpha value is -3.46. The fourth-order valence-corrected chi connectivity index (χ4v) is 4.90. The van der Waals surface area contributed by atoms with Crippen molar-refractivity contribution in [2.45, 2.75) is 44.7 Å². The highest BCUT2D eigenvalue weighted by Crippen LogP contribution is 2.32. The summed E-state index contributed by atoms with van der Waals surface area (Å²) in [6.45, 7) is 1.69. The van der Waals surface area contributed by atoms with Crippen LogP contribution in [0.25, 0.3) is 10.8 Å². The quantitative estimate of drug-likeness (QED) is 0.530. The second-order valence-corrected chi connectivity index (χ2v) is 8.75. The first-order valence-electron chi connectivity index (χ1n) is 10.5. The number of nitrogen functional groups attached to an aromatic ring is 1. The summed E-state index contributed by atoms with van der Waals surface area (Å²) >= 11 is 0.804. The predicted octanol–water partition coefficient (Wildman–Crippen LogP) is 3.07. The maximum atomic E-state index is 13.7. The minimum atomic E-state index is -0.813. The molecular formula is C23H25N5O3S. The molecule has 3 amide bonds. The van der Waals surface area contributed by atoms with E-state index in [-0.39, 0.29) is 28.2 Å². The molecular weight excluding hydrogens is 426 g/mol. The van der Waals surface area contributed by atoms with Gasteiger partial charge in [0, 0.05) is 11.4 Å². The molecule has 0 saturated heterocycles. The maximum absolute atomic E-state index is 13.7. The molecule has 1 fully saturated rings. The van der Waals surface area contributed by atoms with E-state index in [1.54, 1.807) is 13.0 Å². The van der Waals surface area contributed by atoms with Crippen LogP contribution in [0.2, 0.25) is 0 Å². The van der Waals surface area contributed by atoms with Crippen LogP contribution >= 0.6 is 11.5 Å². The molecule has 9 heteroatoms. The normalized spacial score (nSPS) is 14.9. The highest BCUT2D eigenvalue weighted by Gasteiger charge is 2.34. The smallest absolute Gasteiger partial charge is 0.272 e. The molecule has 1 heterocycles. The number of fused-ring (bicyclic) bond motifs is 1. The highest BCUT2D eigenvalue weighted by atomic mass is 32.1. The number of nitrogens with two attached hydrogens (primary N) is 2. The van der Waals surface area contributed by atoms with Crippen molar-refractivity contribution >= 4 is 51.4 Å². The van der Waals surface area contributed by atoms with Crippen molar-refractivity contribution in [1.29, 1.82) is 0 Å². The van der Waals surface area contributed by atoms with E-state index < -0.39 is 17.9 Å². The summed E-state index contributed by atoms with van der Waals surface area (Å²) in [5, 5.41) is 4.82. The molecule has 1 aliphatic carbocycles. The molecule has 4 rings (SSSR count). The van der Waals surface area contributed by atoms with Crippen LogP contribution in [0.5, 0.6) is 0 Å². The Morgan fingerprint density at radius 2 is 1.81 bits per heavy atom. The van der Waals surface area contributed by atoms with Crippen molar-refractivity contribution in [3.8, 4) is 0 Å². The van der Waals surface area contributed by atoms with Crippen LogP contribution < -0.4 is 21.7 Å². The zero-order chi connectivity index (χ0) is 22.8. The summed E-state index contributed by atoms with van der Waals surface area (Å²) in [6.07, 6.45) is 4.03. The number of carbonyl (C=O) groups excluding carboxylic acids is 3. The summed E-state index contributed by atoms with van der Waals surface area (Å²) < 4.78 is 3.96. The zero-order valence-electron chi connectivity index (χ0n) is 17.7. The number of nitrogens with one attached hydrogen (secondary N) is 1. The Balaban J connectivity index is 1.78. The molecule has 0 aliphatic heterocycles. The van der Waals surface area contributed by atoms with Gasteiger partial charge in [-0.15, -0.1) is 0 Å². The fraction of sp³-hybridized carbons (Fsp3) is 0.304. The second-order valence-electron chi connectivity index (χ2n) is 7.98. The SMILES string of the molecule is CC(C(=O)NC1CCCC1)N(C(=O)c1snc(C(N)=O)c1N)c1cccc2ccccc12. The fourth-order valence-electron chi connectivity index (χ4n) is 4.16. The Morgan fingerprint density at radius 3 is 2.50 bits per heavy atom. The maximum Gasteiger partial charge on any atom is 0.272 e. The molecule has 166 valence electrons. The van der Waals surface area contributed by atoms with Gasteiger partial charge >= 0.3 is 0 Å². The number of benzene rings is 2. The lowest BCUT2D eigenvalue weighted by Gasteiger charge is -2.30. The molecule has 1 saturated carbocycles. The van der Waals surface area contributed by atoms with Crippen LogP contribution in [0.1, 0.15) is 52.8 Å². The van der Waals surface area contributed by atoms with Gasteiger partial charge in [-0.1, -0.05) is 49.2 Å². The van der Waals surface area contributed by atoms with Gasteiger partial charge in [0.15, 0.2) is 5.69 Å². The van der Waals surface area contributed by atoms with Gasteiger partial charge in [0.2, 0.25) is 5.91 Å². The molecule has 0 spiro atoms. The molecule has 5 N–H and O–H groups in total. The molecule has 1 aliphatic rings. The van der Waals surface area contributed by atoms with Crippen LogP contribution in [-0.4, -0.2) is 34.2 Å². The van der Waals surface area contributed by atoms with Crippen molar-refractivity contribution < 1.29 is 14.4 Å². The van der Waals surface area contributed by atoms with Gasteiger partial charge < -0.3 is 16.8 Å². The molecule has 32 heavy (non-hydrogen) atoms. The Labute approximate surface area is 189 Å². The third-order valence-corrected chi connectivity index (χ3v) is 6.72. The van der Waals surface area contributed by atoms with E-state index in [0.717, 1.165) is 48.0 Å². The van der Waals surface area contributed by atoms with E-state index in [0.29, 0.717) is 5.69 Å². The van der Waals surface area contributed by atoms with Crippen LogP contribution in [0.4, 0.5) is 11.4 Å². The third kappa shape index (κ3) is 4.03. The molecule has 3 aromatic rings. The van der Waals surface area contributed by atoms with Gasteiger partial charge in [-0.05, 0) is 42.8 Å². The van der Waals surface area contributed by atoms with Crippen molar-refractivity contribution in [2.24, 2.45) is 5.73 Å². The van der Waals surface area contributed by atoms with E-state index in [4.69, 9.17) is 11.5 Å². The number of primary amides is 1. The number of rotatable bonds is 6. The van der Waals surface area contributed by atoms with Crippen LogP contribution in [0, 0.1) is 0 Å². The summed E-state index contributed by atoms with van der Waals surface area (Å²) in [5.74, 6) is -1.55. The lowest BCUT2D eigenvalue weighted by Crippen LogP contribution is -2.50. The Bertz CT molecular complexity index is 1180. The standard InChI is InChI=1S/C23H25N5O3S/c1-13(22(30)26-15-9-3-4-10-15)28(17-12-6-8-14-7-2-5-11-16(14)17)23(31)20-18(24)19(21(25)29)27-32-20/h2,5-8,11-13,15H,3-4,9-10,24H2,1H3,(H2,25,29)(H,26,30). The van der Waals surface area contributed by atoms with Crippen molar-refractivity contribution in [3.63, 3.8) is 0 Å². The van der Waals surface area contributed by atoms with Gasteiger partial charge in [-0.3, -0.25) is 19.3 Å². The van der Waals surface area contributed by atoms with E-state index in [2.05, 4.69) is 9.69 Å². The lowest BCUT2D eigenvalue weighted by atomic mass is 10.1. The lowest BCUT2D eigenvalue weighted by molar-refractivity contribution is -0.122. The first-order valence-corrected chi connectivity index (χ1v) is 11.3. The van der Waals surface area contributed by atoms with Gasteiger partial charge in [-0.2, -0.15) is 4.37 Å². The number of nitrogens with zero attached hydrogens (tertiary/aromatic N) is 2. The van der Waals surface area contributed by atoms with Crippen molar-refractivity contribution in [3.05, 3.63) is 53.0 Å². The summed E-state index contributed by atoms with van der Waals surface area (Å²) in [6, 6.07) is 12.5. The van der Waals surface area contributed by atoms with E-state index in [1.807, 2.05) is 36.4 Å². The second kappa shape index (κ2) is 8.96. The molecule has 1 aromatic heterocycles. The van der Waals surface area contributed by atoms with E-state index >= 15 is 0 Å². The Kier molecular flexibility index (Phi) is 6.09. The molecule has 2 aromatic carbocycles.